The van der Waals surface area contributed by atoms with E-state index in [2.05, 4.69) is 148 Å². The van der Waals surface area contributed by atoms with Gasteiger partial charge in [0.25, 0.3) is 0 Å². The maximum Gasteiger partial charge on any atom is 0.217 e. The van der Waals surface area contributed by atoms with Gasteiger partial charge in [0.2, 0.25) is 6.35 Å². The van der Waals surface area contributed by atoms with E-state index in [1.54, 1.807) is 0 Å². The van der Waals surface area contributed by atoms with Crippen molar-refractivity contribution in [2.45, 2.75) is 65.6 Å². The average Bonchev–Trinajstić information content (AvgIpc) is 3.31. The summed E-state index contributed by atoms with van der Waals surface area (Å²) in [5, 5.41) is 0. The molecule has 2 aliphatic rings. The molecule has 0 saturated carbocycles. The molecule has 198 valence electrons. The molecule has 0 saturated heterocycles. The van der Waals surface area contributed by atoms with Crippen molar-refractivity contribution in [2.24, 2.45) is 4.99 Å². The summed E-state index contributed by atoms with van der Waals surface area (Å²) >= 11 is 0. The molecule has 0 fully saturated rings. The molecule has 2 aliphatic heterocycles. The van der Waals surface area contributed by atoms with E-state index in [9.17, 15) is 0 Å². The lowest BCUT2D eigenvalue weighted by atomic mass is 9.93. The maximum atomic E-state index is 7.06. The Labute approximate surface area is 232 Å². The summed E-state index contributed by atoms with van der Waals surface area (Å²) in [6, 6.07) is 34.5. The average molecular weight is 516 g/mol. The van der Waals surface area contributed by atoms with Crippen molar-refractivity contribution in [3.8, 4) is 0 Å². The summed E-state index contributed by atoms with van der Waals surface area (Å²) in [4.78, 5) is 10.3. The number of benzene rings is 4. The van der Waals surface area contributed by atoms with E-state index in [0.717, 1.165) is 17.1 Å². The van der Waals surface area contributed by atoms with Crippen LogP contribution < -0.4 is 4.90 Å². The molecule has 4 nitrogen and oxygen atoms in total. The molecular weight excluding hydrogens is 478 g/mol. The first-order chi connectivity index (χ1) is 18.7. The van der Waals surface area contributed by atoms with Crippen LogP contribution in [0, 0.1) is 20.8 Å². The molecule has 4 heteroatoms. The number of amidine groups is 1. The van der Waals surface area contributed by atoms with Gasteiger partial charge in [-0.3, -0.25) is 9.89 Å². The van der Waals surface area contributed by atoms with Gasteiger partial charge in [0.05, 0.1) is 23.0 Å². The zero-order valence-corrected chi connectivity index (χ0v) is 23.7. The maximum absolute atomic E-state index is 7.06. The molecule has 0 aliphatic carbocycles. The van der Waals surface area contributed by atoms with E-state index in [0.29, 0.717) is 0 Å². The lowest BCUT2D eigenvalue weighted by molar-refractivity contribution is -0.117. The minimum absolute atomic E-state index is 0.0298. The summed E-state index contributed by atoms with van der Waals surface area (Å²) in [6.07, 6.45) is -0.391. The van der Waals surface area contributed by atoms with Gasteiger partial charge in [0, 0.05) is 5.56 Å². The Morgan fingerprint density at radius 2 is 1.28 bits per heavy atom. The Kier molecular flexibility index (Phi) is 6.31. The van der Waals surface area contributed by atoms with Crippen molar-refractivity contribution >= 4 is 17.2 Å². The third-order valence-electron chi connectivity index (χ3n) is 7.59. The van der Waals surface area contributed by atoms with Crippen LogP contribution in [0.1, 0.15) is 66.2 Å². The fourth-order valence-electron chi connectivity index (χ4n) is 6.23. The number of anilines is 2. The third-order valence-corrected chi connectivity index (χ3v) is 7.59. The van der Waals surface area contributed by atoms with Crippen LogP contribution in [0.2, 0.25) is 0 Å². The van der Waals surface area contributed by atoms with Crippen molar-refractivity contribution in [1.82, 2.24) is 4.90 Å². The Morgan fingerprint density at radius 3 is 1.90 bits per heavy atom. The highest BCUT2D eigenvalue weighted by Crippen LogP contribution is 2.51. The molecule has 0 spiro atoms. The van der Waals surface area contributed by atoms with Crippen LogP contribution in [0.5, 0.6) is 0 Å². The van der Waals surface area contributed by atoms with Gasteiger partial charge in [-0.15, -0.1) is 0 Å². The number of hydrogen-bond acceptors (Lipinski definition) is 4. The zero-order chi connectivity index (χ0) is 27.3. The van der Waals surface area contributed by atoms with E-state index in [1.807, 2.05) is 0 Å². The lowest BCUT2D eigenvalue weighted by Crippen LogP contribution is -2.57. The molecule has 3 atom stereocenters. The minimum Gasteiger partial charge on any atom is -0.334 e. The first kappa shape index (κ1) is 25.4. The molecular formula is C35H37N3O. The second kappa shape index (κ2) is 9.69. The topological polar surface area (TPSA) is 28.1 Å². The molecule has 0 radical (unpaired) electrons. The predicted octanol–water partition coefficient (Wildman–Crippen LogP) is 8.41. The molecule has 0 amide bonds. The van der Waals surface area contributed by atoms with Crippen LogP contribution in [0.3, 0.4) is 0 Å². The van der Waals surface area contributed by atoms with Crippen molar-refractivity contribution < 1.29 is 4.74 Å². The van der Waals surface area contributed by atoms with Crippen LogP contribution in [0.4, 0.5) is 11.4 Å². The summed E-state index contributed by atoms with van der Waals surface area (Å²) < 4.78 is 7.06. The van der Waals surface area contributed by atoms with Crippen LogP contribution in [0.25, 0.3) is 0 Å². The summed E-state index contributed by atoms with van der Waals surface area (Å²) in [5.41, 5.74) is 9.22. The van der Waals surface area contributed by atoms with Gasteiger partial charge >= 0.3 is 0 Å². The lowest BCUT2D eigenvalue weighted by Gasteiger charge is -2.50. The van der Waals surface area contributed by atoms with Gasteiger partial charge in [-0.2, -0.15) is 0 Å². The van der Waals surface area contributed by atoms with E-state index in [1.165, 1.54) is 33.5 Å². The van der Waals surface area contributed by atoms with E-state index in [4.69, 9.17) is 9.73 Å². The first-order valence-corrected chi connectivity index (χ1v) is 13.8. The number of rotatable bonds is 4. The second-order valence-electron chi connectivity index (χ2n) is 11.8. The number of fused-ring (bicyclic) bond motifs is 3. The molecule has 0 N–H and O–H groups in total. The van der Waals surface area contributed by atoms with Crippen molar-refractivity contribution in [3.05, 3.63) is 130 Å². The number of para-hydroxylation sites is 1. The van der Waals surface area contributed by atoms with E-state index >= 15 is 0 Å². The monoisotopic (exact) mass is 515 g/mol. The van der Waals surface area contributed by atoms with Gasteiger partial charge in [-0.05, 0) is 75.9 Å². The van der Waals surface area contributed by atoms with Gasteiger partial charge in [0.15, 0.2) is 0 Å². The highest BCUT2D eigenvalue weighted by atomic mass is 16.5. The second-order valence-corrected chi connectivity index (χ2v) is 11.8. The number of hydrogen-bond donors (Lipinski definition) is 0. The van der Waals surface area contributed by atoms with Gasteiger partial charge in [-0.25, -0.2) is 0 Å². The van der Waals surface area contributed by atoms with Crippen LogP contribution in [0.15, 0.2) is 102 Å². The van der Waals surface area contributed by atoms with Gasteiger partial charge in [0.1, 0.15) is 11.9 Å². The first-order valence-electron chi connectivity index (χ1n) is 13.8. The fourth-order valence-corrected chi connectivity index (χ4v) is 6.23. The standard InChI is InChI=1S/C35H37N3O/c1-23-21-24(2)31(25(3)22-23)37-29-20-14-13-19-28(29)33-36-30(26-15-9-7-10-16-26)32(27-17-11-8-12-18-27)38(33)34(37)39-35(4,5)6/h7-22,30,32,34H,1-6H3/t30-,32-,34+/m0/s1. The quantitative estimate of drug-likeness (QED) is 0.273. The minimum atomic E-state index is -0.391. The van der Waals surface area contributed by atoms with Gasteiger partial charge in [-0.1, -0.05) is 90.5 Å². The van der Waals surface area contributed by atoms with E-state index < -0.39 is 6.35 Å². The SMILES string of the molecule is Cc1cc(C)c(N2c3ccccc3C3=N[C@@H](c4ccccc4)[C@H](c4ccccc4)N3[C@@H]2OC(C)(C)C)c(C)c1. The van der Waals surface area contributed by atoms with Crippen molar-refractivity contribution in [1.29, 1.82) is 0 Å². The van der Waals surface area contributed by atoms with E-state index in [-0.39, 0.29) is 17.7 Å². The largest absolute Gasteiger partial charge is 0.334 e. The van der Waals surface area contributed by atoms with Gasteiger partial charge < -0.3 is 9.64 Å². The molecule has 6 rings (SSSR count). The molecule has 0 aromatic heterocycles. The molecule has 39 heavy (non-hydrogen) atoms. The zero-order valence-electron chi connectivity index (χ0n) is 23.7. The molecule has 0 bridgehead atoms. The molecule has 4 aromatic carbocycles. The fraction of sp³-hybridized carbons (Fsp3) is 0.286. The molecule has 0 unspecified atom stereocenters. The highest BCUT2D eigenvalue weighted by Gasteiger charge is 2.50. The number of aliphatic imine (C=N–C) groups is 1. The number of aryl methyl sites for hydroxylation is 3. The third kappa shape index (κ3) is 4.53. The Balaban J connectivity index is 1.64. The van der Waals surface area contributed by atoms with Crippen LogP contribution in [-0.4, -0.2) is 22.7 Å². The Morgan fingerprint density at radius 1 is 0.718 bits per heavy atom. The summed E-state index contributed by atoms with van der Waals surface area (Å²) in [5.74, 6) is 0.987. The van der Waals surface area contributed by atoms with Crippen LogP contribution in [-0.2, 0) is 4.74 Å². The molecule has 4 aromatic rings. The van der Waals surface area contributed by atoms with Crippen molar-refractivity contribution in [2.75, 3.05) is 4.90 Å². The number of nitrogens with zero attached hydrogens (tertiary/aromatic N) is 3. The van der Waals surface area contributed by atoms with Crippen LogP contribution >= 0.6 is 0 Å². The highest BCUT2D eigenvalue weighted by molar-refractivity contribution is 6.08. The smallest absolute Gasteiger partial charge is 0.217 e. The Bertz CT molecular complexity index is 1500. The summed E-state index contributed by atoms with van der Waals surface area (Å²) in [6.45, 7) is 13.0. The molecule has 2 heterocycles. The van der Waals surface area contributed by atoms with Crippen molar-refractivity contribution in [3.63, 3.8) is 0 Å². The Hall–Kier alpha value is -3.89. The summed E-state index contributed by atoms with van der Waals surface area (Å²) in [7, 11) is 0. The predicted molar refractivity (Wildman–Crippen MR) is 161 cm³/mol. The number of ether oxygens (including phenoxy) is 1. The normalized spacial score (nSPS) is 20.5.